The van der Waals surface area contributed by atoms with Crippen molar-refractivity contribution in [2.45, 2.75) is 18.0 Å². The second-order valence-electron chi connectivity index (χ2n) is 4.71. The fourth-order valence-corrected chi connectivity index (χ4v) is 4.04. The van der Waals surface area contributed by atoms with E-state index in [-0.39, 0.29) is 18.0 Å². The molecule has 0 amide bonds. The van der Waals surface area contributed by atoms with E-state index in [1.165, 1.54) is 17.4 Å². The van der Waals surface area contributed by atoms with Crippen molar-refractivity contribution >= 4 is 26.0 Å². The third kappa shape index (κ3) is 3.52. The molecule has 8 heteroatoms. The van der Waals surface area contributed by atoms with Gasteiger partial charge in [0.2, 0.25) is 10.0 Å². The second kappa shape index (κ2) is 6.27. The quantitative estimate of drug-likeness (QED) is 0.861. The predicted molar refractivity (Wildman–Crippen MR) is 81.9 cm³/mol. The average Bonchev–Trinajstić information content (AvgIpc) is 2.84. The van der Waals surface area contributed by atoms with Gasteiger partial charge >= 0.3 is 0 Å². The van der Waals surface area contributed by atoms with Gasteiger partial charge < -0.3 is 5.11 Å². The van der Waals surface area contributed by atoms with Crippen molar-refractivity contribution in [3.63, 3.8) is 0 Å². The number of aromatic nitrogens is 2. The third-order valence-corrected chi connectivity index (χ3v) is 5.83. The average molecular weight is 374 g/mol. The molecule has 0 aliphatic heterocycles. The standard InChI is InChI=1S/C13H16BrN3O3S/c1-16-7-11(6-15-16)8-17(2)21(19,20)13-5-10(9-18)3-4-12(13)14/h3-7,18H,8-9H2,1-2H3. The zero-order chi connectivity index (χ0) is 15.6. The minimum atomic E-state index is -3.65. The first kappa shape index (κ1) is 16.2. The largest absolute Gasteiger partial charge is 0.392 e. The highest BCUT2D eigenvalue weighted by Crippen LogP contribution is 2.26. The number of hydrogen-bond acceptors (Lipinski definition) is 4. The van der Waals surface area contributed by atoms with Crippen LogP contribution in [0, 0.1) is 0 Å². The lowest BCUT2D eigenvalue weighted by Gasteiger charge is -2.18. The molecule has 1 aromatic heterocycles. The molecule has 0 spiro atoms. The van der Waals surface area contributed by atoms with Crippen molar-refractivity contribution in [3.05, 3.63) is 46.2 Å². The van der Waals surface area contributed by atoms with E-state index in [1.807, 2.05) is 0 Å². The molecule has 0 aliphatic carbocycles. The second-order valence-corrected chi connectivity index (χ2v) is 7.57. The number of halogens is 1. The molecule has 0 bridgehead atoms. The zero-order valence-electron chi connectivity index (χ0n) is 11.7. The highest BCUT2D eigenvalue weighted by atomic mass is 79.9. The normalized spacial score (nSPS) is 12.0. The maximum Gasteiger partial charge on any atom is 0.244 e. The van der Waals surface area contributed by atoms with E-state index in [0.29, 0.717) is 10.0 Å². The third-order valence-electron chi connectivity index (χ3n) is 3.03. The van der Waals surface area contributed by atoms with E-state index in [1.54, 1.807) is 36.3 Å². The summed E-state index contributed by atoms with van der Waals surface area (Å²) in [5.74, 6) is 0. The lowest BCUT2D eigenvalue weighted by Crippen LogP contribution is -2.26. The van der Waals surface area contributed by atoms with Crippen molar-refractivity contribution in [2.75, 3.05) is 7.05 Å². The molecule has 0 aliphatic rings. The van der Waals surface area contributed by atoms with Gasteiger partial charge in [-0.15, -0.1) is 0 Å². The summed E-state index contributed by atoms with van der Waals surface area (Å²) in [4.78, 5) is 0.139. The van der Waals surface area contributed by atoms with Gasteiger partial charge in [-0.2, -0.15) is 9.40 Å². The van der Waals surface area contributed by atoms with Gasteiger partial charge in [0.15, 0.2) is 0 Å². The van der Waals surface area contributed by atoms with Crippen LogP contribution >= 0.6 is 15.9 Å². The van der Waals surface area contributed by atoms with Crippen LogP contribution in [0.25, 0.3) is 0 Å². The number of sulfonamides is 1. The Morgan fingerprint density at radius 1 is 1.38 bits per heavy atom. The molecule has 1 N–H and O–H groups in total. The number of aliphatic hydroxyl groups is 1. The minimum Gasteiger partial charge on any atom is -0.392 e. The Bertz CT molecular complexity index is 743. The summed E-state index contributed by atoms with van der Waals surface area (Å²) in [5.41, 5.74) is 1.35. The van der Waals surface area contributed by atoms with Crippen molar-refractivity contribution < 1.29 is 13.5 Å². The van der Waals surface area contributed by atoms with Crippen molar-refractivity contribution in [1.82, 2.24) is 14.1 Å². The first-order valence-corrected chi connectivity index (χ1v) is 8.41. The number of nitrogens with zero attached hydrogens (tertiary/aromatic N) is 3. The number of hydrogen-bond donors (Lipinski definition) is 1. The fraction of sp³-hybridized carbons (Fsp3) is 0.308. The number of aliphatic hydroxyl groups excluding tert-OH is 1. The molecule has 1 aromatic carbocycles. The molecule has 0 radical (unpaired) electrons. The highest BCUT2D eigenvalue weighted by Gasteiger charge is 2.24. The molecule has 0 fully saturated rings. The summed E-state index contributed by atoms with van der Waals surface area (Å²) in [7, 11) is -0.362. The lowest BCUT2D eigenvalue weighted by molar-refractivity contribution is 0.281. The van der Waals surface area contributed by atoms with Gasteiger partial charge in [0.05, 0.1) is 17.7 Å². The molecule has 0 saturated heterocycles. The van der Waals surface area contributed by atoms with Crippen LogP contribution in [-0.4, -0.2) is 34.7 Å². The molecule has 0 atom stereocenters. The van der Waals surface area contributed by atoms with Crippen molar-refractivity contribution in [1.29, 1.82) is 0 Å². The number of benzene rings is 1. The first-order chi connectivity index (χ1) is 9.84. The van der Waals surface area contributed by atoms with E-state index < -0.39 is 10.0 Å². The first-order valence-electron chi connectivity index (χ1n) is 6.17. The molecular weight excluding hydrogens is 358 g/mol. The lowest BCUT2D eigenvalue weighted by atomic mass is 10.2. The van der Waals surface area contributed by atoms with Gasteiger partial charge in [-0.1, -0.05) is 6.07 Å². The Kier molecular flexibility index (Phi) is 4.82. The SMILES string of the molecule is CN(Cc1cnn(C)c1)S(=O)(=O)c1cc(CO)ccc1Br. The molecule has 6 nitrogen and oxygen atoms in total. The summed E-state index contributed by atoms with van der Waals surface area (Å²) in [6, 6.07) is 4.76. The van der Waals surface area contributed by atoms with Crippen LogP contribution in [0.2, 0.25) is 0 Å². The van der Waals surface area contributed by atoms with Crippen LogP contribution in [0.1, 0.15) is 11.1 Å². The molecule has 114 valence electrons. The molecule has 2 aromatic rings. The van der Waals surface area contributed by atoms with E-state index in [0.717, 1.165) is 5.56 Å². The smallest absolute Gasteiger partial charge is 0.244 e. The maximum absolute atomic E-state index is 12.6. The summed E-state index contributed by atoms with van der Waals surface area (Å²) in [6.45, 7) is 0.0219. The summed E-state index contributed by atoms with van der Waals surface area (Å²) >= 11 is 3.25. The topological polar surface area (TPSA) is 75.4 Å². The van der Waals surface area contributed by atoms with Gasteiger partial charge in [-0.3, -0.25) is 4.68 Å². The van der Waals surface area contributed by atoms with Crippen LogP contribution in [0.5, 0.6) is 0 Å². The van der Waals surface area contributed by atoms with Crippen molar-refractivity contribution in [3.8, 4) is 0 Å². The van der Waals surface area contributed by atoms with Gasteiger partial charge in [-0.25, -0.2) is 8.42 Å². The molecular formula is C13H16BrN3O3S. The predicted octanol–water partition coefficient (Wildman–Crippen LogP) is 1.50. The Hall–Kier alpha value is -1.22. The van der Waals surface area contributed by atoms with Crippen LogP contribution in [0.4, 0.5) is 0 Å². The number of aryl methyl sites for hydroxylation is 1. The van der Waals surface area contributed by atoms with Gasteiger partial charge in [-0.05, 0) is 33.6 Å². The van der Waals surface area contributed by atoms with E-state index >= 15 is 0 Å². The van der Waals surface area contributed by atoms with Crippen LogP contribution in [0.3, 0.4) is 0 Å². The summed E-state index contributed by atoms with van der Waals surface area (Å²) in [5, 5.41) is 13.2. The summed E-state index contributed by atoms with van der Waals surface area (Å²) < 4.78 is 28.6. The van der Waals surface area contributed by atoms with E-state index in [4.69, 9.17) is 5.11 Å². The van der Waals surface area contributed by atoms with Crippen LogP contribution < -0.4 is 0 Å². The maximum atomic E-state index is 12.6. The number of rotatable bonds is 5. The van der Waals surface area contributed by atoms with E-state index in [2.05, 4.69) is 21.0 Å². The molecule has 2 rings (SSSR count). The Labute approximate surface area is 132 Å². The molecule has 0 saturated carbocycles. The monoisotopic (exact) mass is 373 g/mol. The Morgan fingerprint density at radius 2 is 2.10 bits per heavy atom. The van der Waals surface area contributed by atoms with Crippen LogP contribution in [-0.2, 0) is 30.2 Å². The Morgan fingerprint density at radius 3 is 2.67 bits per heavy atom. The Balaban J connectivity index is 2.32. The minimum absolute atomic E-state index is 0.139. The molecule has 0 unspecified atom stereocenters. The van der Waals surface area contributed by atoms with Gasteiger partial charge in [0.1, 0.15) is 0 Å². The molecule has 21 heavy (non-hydrogen) atoms. The zero-order valence-corrected chi connectivity index (χ0v) is 14.1. The van der Waals surface area contributed by atoms with Gasteiger partial charge in [0, 0.05) is 36.9 Å². The van der Waals surface area contributed by atoms with Crippen molar-refractivity contribution in [2.24, 2.45) is 7.05 Å². The van der Waals surface area contributed by atoms with E-state index in [9.17, 15) is 8.42 Å². The van der Waals surface area contributed by atoms with Crippen LogP contribution in [0.15, 0.2) is 40.0 Å². The highest BCUT2D eigenvalue weighted by molar-refractivity contribution is 9.10. The summed E-state index contributed by atoms with van der Waals surface area (Å²) in [6.07, 6.45) is 3.40. The van der Waals surface area contributed by atoms with Gasteiger partial charge in [0.25, 0.3) is 0 Å². The fourth-order valence-electron chi connectivity index (χ4n) is 1.91. The molecule has 1 heterocycles.